The van der Waals surface area contributed by atoms with Crippen molar-refractivity contribution < 1.29 is 14.3 Å². The number of carbonyl (C=O) groups excluding carboxylic acids is 2. The number of ether oxygens (including phenoxy) is 1. The molecule has 2 amide bonds. The van der Waals surface area contributed by atoms with Gasteiger partial charge in [-0.05, 0) is 49.9 Å². The Morgan fingerprint density at radius 1 is 1.00 bits per heavy atom. The number of hydrogen-bond acceptors (Lipinski definition) is 3. The third-order valence-electron chi connectivity index (χ3n) is 4.68. The molecule has 0 unspecified atom stereocenters. The summed E-state index contributed by atoms with van der Waals surface area (Å²) in [5.74, 6) is 0.608. The number of carbonyl (C=O) groups is 2. The van der Waals surface area contributed by atoms with Gasteiger partial charge in [-0.15, -0.1) is 0 Å². The monoisotopic (exact) mass is 396 g/mol. The van der Waals surface area contributed by atoms with E-state index in [1.807, 2.05) is 76.2 Å². The van der Waals surface area contributed by atoms with Gasteiger partial charge in [-0.25, -0.2) is 0 Å². The van der Waals surface area contributed by atoms with E-state index in [-0.39, 0.29) is 18.4 Å². The summed E-state index contributed by atoms with van der Waals surface area (Å²) in [6, 6.07) is 14.9. The van der Waals surface area contributed by atoms with Crippen LogP contribution in [-0.2, 0) is 16.1 Å². The quantitative estimate of drug-likeness (QED) is 0.700. The van der Waals surface area contributed by atoms with Crippen molar-refractivity contribution in [2.45, 2.75) is 47.2 Å². The summed E-state index contributed by atoms with van der Waals surface area (Å²) < 4.78 is 5.69. The van der Waals surface area contributed by atoms with Crippen molar-refractivity contribution in [3.8, 4) is 5.75 Å². The molecule has 5 heteroatoms. The zero-order chi connectivity index (χ0) is 21.4. The van der Waals surface area contributed by atoms with E-state index in [0.717, 1.165) is 16.7 Å². The molecule has 0 bridgehead atoms. The predicted molar refractivity (Wildman–Crippen MR) is 116 cm³/mol. The van der Waals surface area contributed by atoms with E-state index < -0.39 is 6.04 Å². The Morgan fingerprint density at radius 3 is 2.31 bits per heavy atom. The van der Waals surface area contributed by atoms with Gasteiger partial charge in [-0.3, -0.25) is 9.59 Å². The maximum absolute atomic E-state index is 13.0. The largest absolute Gasteiger partial charge is 0.484 e. The van der Waals surface area contributed by atoms with Gasteiger partial charge >= 0.3 is 0 Å². The fraction of sp³-hybridized carbons (Fsp3) is 0.417. The van der Waals surface area contributed by atoms with Gasteiger partial charge in [0.15, 0.2) is 6.61 Å². The average Bonchev–Trinajstić information content (AvgIpc) is 2.69. The molecule has 0 aliphatic carbocycles. The SMILES string of the molecule is Cc1ccc(CN(C(=O)COc2cccc(C)c2)[C@H](C)C(=O)NCC(C)C)cc1. The lowest BCUT2D eigenvalue weighted by atomic mass is 10.1. The molecule has 0 heterocycles. The minimum Gasteiger partial charge on any atom is -0.484 e. The van der Waals surface area contributed by atoms with Crippen molar-refractivity contribution in [2.75, 3.05) is 13.2 Å². The summed E-state index contributed by atoms with van der Waals surface area (Å²) in [6.07, 6.45) is 0. The third kappa shape index (κ3) is 7.26. The van der Waals surface area contributed by atoms with Crippen molar-refractivity contribution in [3.63, 3.8) is 0 Å². The number of amides is 2. The van der Waals surface area contributed by atoms with Crippen molar-refractivity contribution in [1.82, 2.24) is 10.2 Å². The molecule has 1 N–H and O–H groups in total. The van der Waals surface area contributed by atoms with Crippen LogP contribution < -0.4 is 10.1 Å². The fourth-order valence-corrected chi connectivity index (χ4v) is 2.86. The molecule has 0 fully saturated rings. The molecule has 1 atom stereocenters. The van der Waals surface area contributed by atoms with Crippen LogP contribution in [0.5, 0.6) is 5.75 Å². The van der Waals surface area contributed by atoms with Gasteiger partial charge in [0.05, 0.1) is 0 Å². The van der Waals surface area contributed by atoms with Gasteiger partial charge in [-0.1, -0.05) is 55.8 Å². The summed E-state index contributed by atoms with van der Waals surface area (Å²) in [5.41, 5.74) is 3.19. The lowest BCUT2D eigenvalue weighted by molar-refractivity contribution is -0.142. The Bertz CT molecular complexity index is 815. The molecule has 2 aromatic carbocycles. The predicted octanol–water partition coefficient (Wildman–Crippen LogP) is 3.87. The first-order valence-corrected chi connectivity index (χ1v) is 10.1. The first-order chi connectivity index (χ1) is 13.8. The molecular formula is C24H32N2O3. The molecule has 0 spiro atoms. The zero-order valence-corrected chi connectivity index (χ0v) is 18.1. The highest BCUT2D eigenvalue weighted by molar-refractivity contribution is 5.87. The van der Waals surface area contributed by atoms with Crippen LogP contribution in [0.4, 0.5) is 0 Å². The molecule has 5 nitrogen and oxygen atoms in total. The van der Waals surface area contributed by atoms with Crippen LogP contribution in [-0.4, -0.2) is 35.9 Å². The lowest BCUT2D eigenvalue weighted by Gasteiger charge is -2.29. The molecular weight excluding hydrogens is 364 g/mol. The third-order valence-corrected chi connectivity index (χ3v) is 4.68. The first kappa shape index (κ1) is 22.5. The summed E-state index contributed by atoms with van der Waals surface area (Å²) in [4.78, 5) is 27.2. The van der Waals surface area contributed by atoms with Gasteiger partial charge in [0, 0.05) is 13.1 Å². The Hall–Kier alpha value is -2.82. The topological polar surface area (TPSA) is 58.6 Å². The van der Waals surface area contributed by atoms with Crippen LogP contribution in [0.25, 0.3) is 0 Å². The standard InChI is InChI=1S/C24H32N2O3/c1-17(2)14-25-24(28)20(5)26(15-21-11-9-18(3)10-12-21)23(27)16-29-22-8-6-7-19(4)13-22/h6-13,17,20H,14-16H2,1-5H3,(H,25,28)/t20-/m1/s1. The highest BCUT2D eigenvalue weighted by Gasteiger charge is 2.26. The van der Waals surface area contributed by atoms with Crippen LogP contribution in [0.15, 0.2) is 48.5 Å². The van der Waals surface area contributed by atoms with E-state index in [9.17, 15) is 9.59 Å². The Morgan fingerprint density at radius 2 is 1.69 bits per heavy atom. The molecule has 0 aliphatic heterocycles. The average molecular weight is 397 g/mol. The highest BCUT2D eigenvalue weighted by atomic mass is 16.5. The van der Waals surface area contributed by atoms with Crippen LogP contribution in [0.2, 0.25) is 0 Å². The van der Waals surface area contributed by atoms with E-state index >= 15 is 0 Å². The Labute approximate surface area is 174 Å². The van der Waals surface area contributed by atoms with E-state index in [4.69, 9.17) is 4.74 Å². The van der Waals surface area contributed by atoms with Crippen molar-refractivity contribution in [2.24, 2.45) is 5.92 Å². The number of hydrogen-bond donors (Lipinski definition) is 1. The van der Waals surface area contributed by atoms with E-state index in [2.05, 4.69) is 5.32 Å². The summed E-state index contributed by atoms with van der Waals surface area (Å²) in [5, 5.41) is 2.92. The minimum atomic E-state index is -0.594. The summed E-state index contributed by atoms with van der Waals surface area (Å²) in [6.45, 7) is 10.6. The van der Waals surface area contributed by atoms with E-state index in [1.54, 1.807) is 11.8 Å². The van der Waals surface area contributed by atoms with Crippen molar-refractivity contribution in [1.29, 1.82) is 0 Å². The molecule has 2 rings (SSSR count). The Balaban J connectivity index is 2.12. The van der Waals surface area contributed by atoms with Crippen LogP contribution in [0.3, 0.4) is 0 Å². The van der Waals surface area contributed by atoms with Gasteiger partial charge in [0.2, 0.25) is 5.91 Å². The van der Waals surface area contributed by atoms with E-state index in [0.29, 0.717) is 24.8 Å². The van der Waals surface area contributed by atoms with Gasteiger partial charge < -0.3 is 15.0 Å². The smallest absolute Gasteiger partial charge is 0.261 e. The minimum absolute atomic E-state index is 0.114. The molecule has 29 heavy (non-hydrogen) atoms. The zero-order valence-electron chi connectivity index (χ0n) is 18.1. The van der Waals surface area contributed by atoms with E-state index in [1.165, 1.54) is 0 Å². The van der Waals surface area contributed by atoms with Crippen molar-refractivity contribution in [3.05, 3.63) is 65.2 Å². The molecule has 156 valence electrons. The van der Waals surface area contributed by atoms with Gasteiger partial charge in [0.25, 0.3) is 5.91 Å². The van der Waals surface area contributed by atoms with Gasteiger partial charge in [-0.2, -0.15) is 0 Å². The van der Waals surface area contributed by atoms with Crippen LogP contribution in [0, 0.1) is 19.8 Å². The molecule has 2 aromatic rings. The second-order valence-corrected chi connectivity index (χ2v) is 7.93. The number of nitrogens with zero attached hydrogens (tertiary/aromatic N) is 1. The van der Waals surface area contributed by atoms with Crippen LogP contribution >= 0.6 is 0 Å². The molecule has 0 aliphatic rings. The molecule has 0 saturated carbocycles. The normalized spacial score (nSPS) is 11.8. The van der Waals surface area contributed by atoms with Crippen LogP contribution in [0.1, 0.15) is 37.5 Å². The summed E-state index contributed by atoms with van der Waals surface area (Å²) >= 11 is 0. The van der Waals surface area contributed by atoms with Gasteiger partial charge in [0.1, 0.15) is 11.8 Å². The number of benzene rings is 2. The fourth-order valence-electron chi connectivity index (χ4n) is 2.86. The maximum Gasteiger partial charge on any atom is 0.261 e. The Kier molecular flexibility index (Phi) is 8.25. The maximum atomic E-state index is 13.0. The van der Waals surface area contributed by atoms with Crippen molar-refractivity contribution >= 4 is 11.8 Å². The number of aryl methyl sites for hydroxylation is 2. The number of rotatable bonds is 9. The second-order valence-electron chi connectivity index (χ2n) is 7.93. The molecule has 0 radical (unpaired) electrons. The lowest BCUT2D eigenvalue weighted by Crippen LogP contribution is -2.49. The first-order valence-electron chi connectivity index (χ1n) is 10.1. The number of nitrogens with one attached hydrogen (secondary N) is 1. The molecule has 0 saturated heterocycles. The summed E-state index contributed by atoms with van der Waals surface area (Å²) in [7, 11) is 0. The highest BCUT2D eigenvalue weighted by Crippen LogP contribution is 2.15. The molecule has 0 aromatic heterocycles. The second kappa shape index (κ2) is 10.6.